The van der Waals surface area contributed by atoms with E-state index < -0.39 is 29.7 Å². The molecule has 2 aromatic rings. The Balaban J connectivity index is 1.83. The van der Waals surface area contributed by atoms with Gasteiger partial charge in [0, 0.05) is 5.02 Å². The van der Waals surface area contributed by atoms with Gasteiger partial charge in [-0.1, -0.05) is 29.8 Å². The Hall–Kier alpha value is -3.39. The van der Waals surface area contributed by atoms with Crippen LogP contribution < -0.4 is 14.6 Å². The summed E-state index contributed by atoms with van der Waals surface area (Å²) in [5.74, 6) is -2.60. The smallest absolute Gasteiger partial charge is 0.355 e. The molecule has 2 heterocycles. The number of rotatable bonds is 4. The van der Waals surface area contributed by atoms with Crippen LogP contribution in [0.3, 0.4) is 0 Å². The predicted octanol–water partition coefficient (Wildman–Crippen LogP) is 2.26. The number of amides is 2. The van der Waals surface area contributed by atoms with E-state index in [0.717, 1.165) is 4.90 Å². The van der Waals surface area contributed by atoms with Gasteiger partial charge in [0.2, 0.25) is 5.91 Å². The summed E-state index contributed by atoms with van der Waals surface area (Å²) < 4.78 is 10.1. The number of hydrogen-bond acceptors (Lipinski definition) is 7. The summed E-state index contributed by atoms with van der Waals surface area (Å²) in [6.07, 6.45) is 0. The second-order valence-corrected chi connectivity index (χ2v) is 6.84. The van der Waals surface area contributed by atoms with Crippen LogP contribution in [0.4, 0.5) is 11.4 Å². The predicted molar refractivity (Wildman–Crippen MR) is 106 cm³/mol. The van der Waals surface area contributed by atoms with Crippen LogP contribution in [-0.2, 0) is 19.1 Å². The monoisotopic (exact) mass is 413 g/mol. The summed E-state index contributed by atoms with van der Waals surface area (Å²) in [5.41, 5.74) is 0.650. The number of imide groups is 1. The van der Waals surface area contributed by atoms with Gasteiger partial charge in [0.15, 0.2) is 5.71 Å². The van der Waals surface area contributed by atoms with Crippen molar-refractivity contribution in [3.63, 3.8) is 0 Å². The molecule has 4 rings (SSSR count). The molecule has 1 fully saturated rings. The standard InChI is InChI=1S/C20H16ClN3O5/c1-28-14-9-4-3-8-13(14)23-18(25)15-16(20(27)29-2)22-24(17(15)19(23)26)12-7-5-6-11(21)10-12/h3-10,15,17H,1-2H3/t15-,17+/m0/s1. The van der Waals surface area contributed by atoms with Gasteiger partial charge in [0.05, 0.1) is 25.6 Å². The lowest BCUT2D eigenvalue weighted by Gasteiger charge is -2.23. The Labute approximate surface area is 171 Å². The summed E-state index contributed by atoms with van der Waals surface area (Å²) in [6, 6.07) is 12.3. The van der Waals surface area contributed by atoms with Crippen LogP contribution >= 0.6 is 11.6 Å². The molecule has 148 valence electrons. The Bertz CT molecular complexity index is 1050. The largest absolute Gasteiger partial charge is 0.495 e. The quantitative estimate of drug-likeness (QED) is 0.564. The van der Waals surface area contributed by atoms with Gasteiger partial charge in [-0.05, 0) is 30.3 Å². The molecule has 0 bridgehead atoms. The summed E-state index contributed by atoms with van der Waals surface area (Å²) in [6.45, 7) is 0. The van der Waals surface area contributed by atoms with E-state index in [1.54, 1.807) is 48.5 Å². The molecule has 0 saturated carbocycles. The highest BCUT2D eigenvalue weighted by Crippen LogP contribution is 2.40. The minimum atomic E-state index is -1.10. The maximum absolute atomic E-state index is 13.3. The number of hydrazone groups is 1. The Morgan fingerprint density at radius 2 is 1.83 bits per heavy atom. The van der Waals surface area contributed by atoms with Crippen LogP contribution in [0.2, 0.25) is 5.02 Å². The lowest BCUT2D eigenvalue weighted by molar-refractivity contribution is -0.133. The first-order valence-electron chi connectivity index (χ1n) is 8.70. The van der Waals surface area contributed by atoms with Gasteiger partial charge in [-0.3, -0.25) is 14.6 Å². The number of hydrogen-bond donors (Lipinski definition) is 0. The second kappa shape index (κ2) is 7.21. The van der Waals surface area contributed by atoms with Gasteiger partial charge < -0.3 is 9.47 Å². The zero-order valence-corrected chi connectivity index (χ0v) is 16.3. The van der Waals surface area contributed by atoms with Crippen molar-refractivity contribution in [3.05, 3.63) is 53.6 Å². The molecular formula is C20H16ClN3O5. The zero-order valence-electron chi connectivity index (χ0n) is 15.5. The third kappa shape index (κ3) is 2.92. The molecule has 2 aliphatic rings. The average molecular weight is 414 g/mol. The van der Waals surface area contributed by atoms with Gasteiger partial charge >= 0.3 is 5.97 Å². The van der Waals surface area contributed by atoms with E-state index in [9.17, 15) is 14.4 Å². The Morgan fingerprint density at radius 3 is 2.52 bits per heavy atom. The number of halogens is 1. The molecule has 9 heteroatoms. The van der Waals surface area contributed by atoms with E-state index in [-0.39, 0.29) is 5.71 Å². The van der Waals surface area contributed by atoms with Crippen molar-refractivity contribution in [3.8, 4) is 5.75 Å². The van der Waals surface area contributed by atoms with Crippen molar-refractivity contribution in [2.24, 2.45) is 11.0 Å². The molecule has 0 aliphatic carbocycles. The molecule has 2 amide bonds. The molecule has 8 nitrogen and oxygen atoms in total. The lowest BCUT2D eigenvalue weighted by Crippen LogP contribution is -2.39. The zero-order chi connectivity index (χ0) is 20.7. The second-order valence-electron chi connectivity index (χ2n) is 6.41. The number of carbonyl (C=O) groups is 3. The number of ether oxygens (including phenoxy) is 2. The fourth-order valence-electron chi connectivity index (χ4n) is 3.57. The molecule has 29 heavy (non-hydrogen) atoms. The summed E-state index contributed by atoms with van der Waals surface area (Å²) in [4.78, 5) is 39.9. The molecule has 0 unspecified atom stereocenters. The molecule has 1 saturated heterocycles. The molecule has 2 atom stereocenters. The van der Waals surface area contributed by atoms with E-state index in [4.69, 9.17) is 21.1 Å². The van der Waals surface area contributed by atoms with Crippen molar-refractivity contribution < 1.29 is 23.9 Å². The normalized spacial score (nSPS) is 20.6. The third-order valence-corrected chi connectivity index (χ3v) is 5.08. The fourth-order valence-corrected chi connectivity index (χ4v) is 3.76. The maximum Gasteiger partial charge on any atom is 0.355 e. The van der Waals surface area contributed by atoms with Gasteiger partial charge in [-0.2, -0.15) is 5.10 Å². The molecule has 0 spiro atoms. The SMILES string of the molecule is COC(=O)C1=NN(c2cccc(Cl)c2)[C@H]2C(=O)N(c3ccccc3OC)C(=O)[C@@H]12. The molecule has 0 radical (unpaired) electrons. The van der Waals surface area contributed by atoms with Crippen molar-refractivity contribution in [2.45, 2.75) is 6.04 Å². The van der Waals surface area contributed by atoms with Crippen molar-refractivity contribution in [1.82, 2.24) is 0 Å². The number of fused-ring (bicyclic) bond motifs is 1. The van der Waals surface area contributed by atoms with Crippen LogP contribution in [-0.4, -0.2) is 43.8 Å². The summed E-state index contributed by atoms with van der Waals surface area (Å²) >= 11 is 6.08. The van der Waals surface area contributed by atoms with Crippen LogP contribution in [0.5, 0.6) is 5.75 Å². The number of anilines is 2. The van der Waals surface area contributed by atoms with Crippen LogP contribution in [0.1, 0.15) is 0 Å². The van der Waals surface area contributed by atoms with Gasteiger partial charge in [0.25, 0.3) is 5.91 Å². The summed E-state index contributed by atoms with van der Waals surface area (Å²) in [5, 5.41) is 6.02. The van der Waals surface area contributed by atoms with E-state index in [1.165, 1.54) is 19.2 Å². The molecular weight excluding hydrogens is 398 g/mol. The topological polar surface area (TPSA) is 88.5 Å². The molecule has 2 aromatic carbocycles. The van der Waals surface area contributed by atoms with Gasteiger partial charge in [0.1, 0.15) is 17.7 Å². The first-order valence-corrected chi connectivity index (χ1v) is 9.08. The maximum atomic E-state index is 13.3. The van der Waals surface area contributed by atoms with Crippen molar-refractivity contribution in [2.75, 3.05) is 24.1 Å². The number of nitrogens with zero attached hydrogens (tertiary/aromatic N) is 3. The number of benzene rings is 2. The van der Waals surface area contributed by atoms with Gasteiger partial charge in [-0.15, -0.1) is 0 Å². The number of methoxy groups -OCH3 is 2. The third-order valence-electron chi connectivity index (χ3n) is 4.84. The first-order chi connectivity index (χ1) is 14.0. The minimum absolute atomic E-state index is 0.131. The van der Waals surface area contributed by atoms with Crippen LogP contribution in [0.15, 0.2) is 53.6 Å². The van der Waals surface area contributed by atoms with Crippen molar-refractivity contribution >= 4 is 46.5 Å². The highest BCUT2D eigenvalue weighted by molar-refractivity contribution is 6.47. The number of carbonyl (C=O) groups excluding carboxylic acids is 3. The first kappa shape index (κ1) is 18.9. The average Bonchev–Trinajstić information content (AvgIpc) is 3.24. The van der Waals surface area contributed by atoms with E-state index in [2.05, 4.69) is 5.10 Å². The Morgan fingerprint density at radius 1 is 1.07 bits per heavy atom. The number of esters is 1. The molecule has 0 N–H and O–H groups in total. The van der Waals surface area contributed by atoms with Crippen LogP contribution in [0.25, 0.3) is 0 Å². The number of para-hydroxylation sites is 2. The van der Waals surface area contributed by atoms with Crippen LogP contribution in [0, 0.1) is 5.92 Å². The lowest BCUT2D eigenvalue weighted by atomic mass is 9.98. The molecule has 2 aliphatic heterocycles. The van der Waals surface area contributed by atoms with Crippen molar-refractivity contribution in [1.29, 1.82) is 0 Å². The Kier molecular flexibility index (Phi) is 4.71. The highest BCUT2D eigenvalue weighted by atomic mass is 35.5. The summed E-state index contributed by atoms with van der Waals surface area (Å²) in [7, 11) is 2.64. The van der Waals surface area contributed by atoms with E-state index in [0.29, 0.717) is 22.1 Å². The van der Waals surface area contributed by atoms with E-state index >= 15 is 0 Å². The molecule has 0 aromatic heterocycles. The highest BCUT2D eigenvalue weighted by Gasteiger charge is 2.59. The minimum Gasteiger partial charge on any atom is -0.495 e. The van der Waals surface area contributed by atoms with Gasteiger partial charge in [-0.25, -0.2) is 9.69 Å². The van der Waals surface area contributed by atoms with E-state index in [1.807, 2.05) is 0 Å². The fraction of sp³-hybridized carbons (Fsp3) is 0.200.